The molecular formula is C19H24N2O4. The summed E-state index contributed by atoms with van der Waals surface area (Å²) < 4.78 is 5.03. The summed E-state index contributed by atoms with van der Waals surface area (Å²) in [4.78, 5) is 41.5. The molecule has 2 aromatic heterocycles. The minimum absolute atomic E-state index is 0.443. The third kappa shape index (κ3) is 3.04. The SMILES string of the molecule is CCc1c(C(C(=O)OC)c2[nH]c(C=O)c(C)c2CC)[nH]c(C=O)c1C. The highest BCUT2D eigenvalue weighted by Crippen LogP contribution is 2.34. The lowest BCUT2D eigenvalue weighted by molar-refractivity contribution is -0.141. The molecule has 6 heteroatoms. The van der Waals surface area contributed by atoms with Gasteiger partial charge in [0.2, 0.25) is 0 Å². The largest absolute Gasteiger partial charge is 0.468 e. The molecule has 0 aliphatic carbocycles. The first-order chi connectivity index (χ1) is 11.9. The van der Waals surface area contributed by atoms with Gasteiger partial charge in [0.1, 0.15) is 5.92 Å². The number of nitrogens with one attached hydrogen (secondary N) is 2. The minimum atomic E-state index is -0.741. The molecule has 0 saturated carbocycles. The van der Waals surface area contributed by atoms with Crippen molar-refractivity contribution in [1.82, 2.24) is 9.97 Å². The van der Waals surface area contributed by atoms with Crippen LogP contribution in [0, 0.1) is 13.8 Å². The molecule has 6 nitrogen and oxygen atoms in total. The van der Waals surface area contributed by atoms with Gasteiger partial charge in [-0.3, -0.25) is 14.4 Å². The molecule has 0 aliphatic heterocycles. The summed E-state index contributed by atoms with van der Waals surface area (Å²) >= 11 is 0. The first kappa shape index (κ1) is 18.7. The number of aldehydes is 2. The molecule has 0 atom stereocenters. The molecule has 0 fully saturated rings. The summed E-state index contributed by atoms with van der Waals surface area (Å²) in [5.41, 5.74) is 5.69. The third-order valence-electron chi connectivity index (χ3n) is 4.86. The summed E-state index contributed by atoms with van der Waals surface area (Å²) in [5.74, 6) is -1.18. The molecule has 0 bridgehead atoms. The van der Waals surface area contributed by atoms with E-state index in [1.807, 2.05) is 27.7 Å². The molecule has 2 N–H and O–H groups in total. The number of methoxy groups -OCH3 is 1. The molecule has 0 radical (unpaired) electrons. The number of hydrogen-bond acceptors (Lipinski definition) is 4. The number of H-pyrrole nitrogens is 2. The van der Waals surface area contributed by atoms with E-state index in [9.17, 15) is 14.4 Å². The van der Waals surface area contributed by atoms with Crippen LogP contribution in [0.4, 0.5) is 0 Å². The molecule has 0 amide bonds. The first-order valence-electron chi connectivity index (χ1n) is 8.35. The second-order valence-corrected chi connectivity index (χ2v) is 6.01. The maximum Gasteiger partial charge on any atom is 0.320 e. The van der Waals surface area contributed by atoms with Gasteiger partial charge in [0.25, 0.3) is 0 Å². The summed E-state index contributed by atoms with van der Waals surface area (Å²) in [7, 11) is 1.33. The Morgan fingerprint density at radius 3 is 1.64 bits per heavy atom. The van der Waals surface area contributed by atoms with Gasteiger partial charge in [0.15, 0.2) is 12.6 Å². The Hall–Kier alpha value is -2.63. The molecule has 25 heavy (non-hydrogen) atoms. The third-order valence-corrected chi connectivity index (χ3v) is 4.86. The Kier molecular flexibility index (Phi) is 5.62. The average molecular weight is 344 g/mol. The van der Waals surface area contributed by atoms with Gasteiger partial charge >= 0.3 is 5.97 Å². The fourth-order valence-corrected chi connectivity index (χ4v) is 3.50. The van der Waals surface area contributed by atoms with Gasteiger partial charge in [0.05, 0.1) is 18.5 Å². The normalized spacial score (nSPS) is 11.0. The number of rotatable bonds is 7. The van der Waals surface area contributed by atoms with Crippen molar-refractivity contribution in [2.45, 2.75) is 46.5 Å². The Labute approximate surface area is 147 Å². The maximum atomic E-state index is 12.6. The van der Waals surface area contributed by atoms with E-state index in [1.54, 1.807) is 0 Å². The quantitative estimate of drug-likeness (QED) is 0.596. The number of hydrogen-bond donors (Lipinski definition) is 2. The predicted molar refractivity (Wildman–Crippen MR) is 94.4 cm³/mol. The summed E-state index contributed by atoms with van der Waals surface area (Å²) in [6.07, 6.45) is 2.84. The predicted octanol–water partition coefficient (Wildman–Crippen LogP) is 3.01. The topological polar surface area (TPSA) is 92.0 Å². The summed E-state index contributed by atoms with van der Waals surface area (Å²) in [5, 5.41) is 0. The molecule has 0 aromatic carbocycles. The van der Waals surface area contributed by atoms with Crippen LogP contribution < -0.4 is 0 Å². The van der Waals surface area contributed by atoms with Crippen LogP contribution in [0.1, 0.15) is 74.4 Å². The lowest BCUT2D eigenvalue weighted by Crippen LogP contribution is -2.19. The average Bonchev–Trinajstić information content (AvgIpc) is 3.11. The van der Waals surface area contributed by atoms with Crippen molar-refractivity contribution < 1.29 is 19.1 Å². The van der Waals surface area contributed by atoms with Crippen molar-refractivity contribution in [3.8, 4) is 0 Å². The molecule has 2 rings (SSSR count). The fraction of sp³-hybridized carbons (Fsp3) is 0.421. The highest BCUT2D eigenvalue weighted by molar-refractivity contribution is 5.85. The van der Waals surface area contributed by atoms with Gasteiger partial charge in [-0.05, 0) is 48.9 Å². The number of ether oxygens (including phenoxy) is 1. The van der Waals surface area contributed by atoms with Crippen molar-refractivity contribution in [3.63, 3.8) is 0 Å². The molecule has 0 saturated heterocycles. The van der Waals surface area contributed by atoms with E-state index in [2.05, 4.69) is 9.97 Å². The van der Waals surface area contributed by atoms with E-state index < -0.39 is 11.9 Å². The number of esters is 1. The van der Waals surface area contributed by atoms with Crippen LogP contribution >= 0.6 is 0 Å². The van der Waals surface area contributed by atoms with Gasteiger partial charge in [-0.1, -0.05) is 13.8 Å². The zero-order valence-electron chi connectivity index (χ0n) is 15.3. The highest BCUT2D eigenvalue weighted by Gasteiger charge is 2.33. The molecule has 0 spiro atoms. The second-order valence-electron chi connectivity index (χ2n) is 6.01. The first-order valence-corrected chi connectivity index (χ1v) is 8.35. The van der Waals surface area contributed by atoms with Crippen molar-refractivity contribution in [1.29, 1.82) is 0 Å². The van der Waals surface area contributed by atoms with E-state index in [0.29, 0.717) is 35.6 Å². The molecule has 0 unspecified atom stereocenters. The molecule has 134 valence electrons. The van der Waals surface area contributed by atoms with E-state index in [4.69, 9.17) is 4.74 Å². The zero-order valence-corrected chi connectivity index (χ0v) is 15.3. The lowest BCUT2D eigenvalue weighted by atomic mass is 9.91. The van der Waals surface area contributed by atoms with Crippen LogP contribution in [0.25, 0.3) is 0 Å². The van der Waals surface area contributed by atoms with Crippen molar-refractivity contribution in [2.75, 3.05) is 7.11 Å². The highest BCUT2D eigenvalue weighted by atomic mass is 16.5. The monoisotopic (exact) mass is 344 g/mol. The van der Waals surface area contributed by atoms with Crippen LogP contribution in [-0.4, -0.2) is 35.6 Å². The van der Waals surface area contributed by atoms with E-state index in [0.717, 1.165) is 34.8 Å². The molecule has 2 heterocycles. The number of aromatic nitrogens is 2. The van der Waals surface area contributed by atoms with Gasteiger partial charge in [-0.15, -0.1) is 0 Å². The Balaban J connectivity index is 2.78. The molecule has 2 aromatic rings. The van der Waals surface area contributed by atoms with Crippen LogP contribution in [-0.2, 0) is 22.4 Å². The number of aromatic amines is 2. The Morgan fingerprint density at radius 1 is 0.960 bits per heavy atom. The van der Waals surface area contributed by atoms with Crippen LogP contribution in [0.5, 0.6) is 0 Å². The fourth-order valence-electron chi connectivity index (χ4n) is 3.50. The van der Waals surface area contributed by atoms with Gasteiger partial charge < -0.3 is 14.7 Å². The van der Waals surface area contributed by atoms with Crippen LogP contribution in [0.15, 0.2) is 0 Å². The smallest absolute Gasteiger partial charge is 0.320 e. The minimum Gasteiger partial charge on any atom is -0.468 e. The Morgan fingerprint density at radius 2 is 1.36 bits per heavy atom. The van der Waals surface area contributed by atoms with E-state index in [1.165, 1.54) is 7.11 Å². The standard InChI is InChI=1S/C19H24N2O4/c1-6-12-10(3)14(8-22)20-17(12)16(19(24)25-5)18-13(7-2)11(4)15(9-23)21-18/h8-9,16,20-21H,6-7H2,1-5H3. The number of carbonyl (C=O) groups is 3. The number of carbonyl (C=O) groups excluding carboxylic acids is 3. The van der Waals surface area contributed by atoms with Gasteiger partial charge in [-0.25, -0.2) is 0 Å². The second kappa shape index (κ2) is 7.51. The molecule has 0 aliphatic rings. The lowest BCUT2D eigenvalue weighted by Gasteiger charge is -2.17. The Bertz CT molecular complexity index is 754. The van der Waals surface area contributed by atoms with E-state index in [-0.39, 0.29) is 0 Å². The molecular weight excluding hydrogens is 320 g/mol. The summed E-state index contributed by atoms with van der Waals surface area (Å²) in [6, 6.07) is 0. The van der Waals surface area contributed by atoms with E-state index >= 15 is 0 Å². The van der Waals surface area contributed by atoms with Crippen LogP contribution in [0.3, 0.4) is 0 Å². The van der Waals surface area contributed by atoms with Crippen molar-refractivity contribution in [2.24, 2.45) is 0 Å². The van der Waals surface area contributed by atoms with Crippen molar-refractivity contribution >= 4 is 18.5 Å². The summed E-state index contributed by atoms with van der Waals surface area (Å²) in [6.45, 7) is 7.66. The zero-order chi connectivity index (χ0) is 18.7. The van der Waals surface area contributed by atoms with Crippen LogP contribution in [0.2, 0.25) is 0 Å². The van der Waals surface area contributed by atoms with Gasteiger partial charge in [0, 0.05) is 11.4 Å². The van der Waals surface area contributed by atoms with Crippen molar-refractivity contribution in [3.05, 3.63) is 45.0 Å². The maximum absolute atomic E-state index is 12.6. The van der Waals surface area contributed by atoms with Gasteiger partial charge in [-0.2, -0.15) is 0 Å².